The highest BCUT2D eigenvalue weighted by molar-refractivity contribution is 5.86. The number of nitrogens with zero attached hydrogens (tertiary/aromatic N) is 2. The van der Waals surface area contributed by atoms with Gasteiger partial charge in [-0.15, -0.1) is 0 Å². The maximum Gasteiger partial charge on any atom is 0.416 e. The van der Waals surface area contributed by atoms with Crippen LogP contribution in [0.15, 0.2) is 60.7 Å². The number of halogens is 3. The molecule has 26 heavy (non-hydrogen) atoms. The Hall–Kier alpha value is -2.82. The summed E-state index contributed by atoms with van der Waals surface area (Å²) in [6.07, 6.45) is -3.79. The minimum absolute atomic E-state index is 0.386. The quantitative estimate of drug-likeness (QED) is 0.453. The number of hydrogen-bond acceptors (Lipinski definition) is 1. The summed E-state index contributed by atoms with van der Waals surface area (Å²) in [7, 11) is 0. The van der Waals surface area contributed by atoms with E-state index in [2.05, 4.69) is 23.2 Å². The van der Waals surface area contributed by atoms with Crippen LogP contribution < -0.4 is 0 Å². The molecule has 0 aliphatic rings. The SMILES string of the molecule is CCn1c(Cc2cccc3ccccc23)nc2cc(C(F)(F)F)ccc21. The van der Waals surface area contributed by atoms with E-state index in [1.807, 2.05) is 35.8 Å². The van der Waals surface area contributed by atoms with Crippen molar-refractivity contribution in [2.24, 2.45) is 0 Å². The zero-order valence-electron chi connectivity index (χ0n) is 14.2. The largest absolute Gasteiger partial charge is 0.416 e. The molecule has 4 aromatic rings. The van der Waals surface area contributed by atoms with Gasteiger partial charge in [0.25, 0.3) is 0 Å². The maximum atomic E-state index is 13.0. The van der Waals surface area contributed by atoms with Gasteiger partial charge in [-0.1, -0.05) is 42.5 Å². The van der Waals surface area contributed by atoms with Gasteiger partial charge in [-0.3, -0.25) is 0 Å². The minimum atomic E-state index is -4.36. The molecule has 1 heterocycles. The number of alkyl halides is 3. The van der Waals surface area contributed by atoms with E-state index < -0.39 is 11.7 Å². The molecular formula is C21H17F3N2. The Morgan fingerprint density at radius 2 is 1.73 bits per heavy atom. The summed E-state index contributed by atoms with van der Waals surface area (Å²) in [5, 5.41) is 2.28. The molecule has 0 aliphatic heterocycles. The first kappa shape index (κ1) is 16.6. The lowest BCUT2D eigenvalue weighted by Crippen LogP contribution is -2.04. The number of aromatic nitrogens is 2. The number of hydrogen-bond donors (Lipinski definition) is 0. The van der Waals surface area contributed by atoms with E-state index in [4.69, 9.17) is 0 Å². The van der Waals surface area contributed by atoms with Crippen molar-refractivity contribution < 1.29 is 13.2 Å². The second-order valence-corrected chi connectivity index (χ2v) is 6.29. The van der Waals surface area contributed by atoms with Crippen LogP contribution in [0, 0.1) is 0 Å². The van der Waals surface area contributed by atoms with E-state index in [1.165, 1.54) is 6.07 Å². The Labute approximate surface area is 148 Å². The molecule has 0 spiro atoms. The van der Waals surface area contributed by atoms with Gasteiger partial charge in [-0.25, -0.2) is 4.98 Å². The van der Waals surface area contributed by atoms with Crippen LogP contribution >= 0.6 is 0 Å². The first-order valence-corrected chi connectivity index (χ1v) is 8.50. The molecule has 5 heteroatoms. The molecule has 0 aliphatic carbocycles. The van der Waals surface area contributed by atoms with Crippen molar-refractivity contribution in [1.82, 2.24) is 9.55 Å². The van der Waals surface area contributed by atoms with Crippen LogP contribution in [-0.2, 0) is 19.1 Å². The van der Waals surface area contributed by atoms with E-state index in [1.54, 1.807) is 0 Å². The topological polar surface area (TPSA) is 17.8 Å². The van der Waals surface area contributed by atoms with Crippen molar-refractivity contribution in [3.05, 3.63) is 77.6 Å². The van der Waals surface area contributed by atoms with Gasteiger partial charge in [0, 0.05) is 13.0 Å². The predicted octanol–water partition coefficient (Wildman–Crippen LogP) is 5.82. The summed E-state index contributed by atoms with van der Waals surface area (Å²) in [4.78, 5) is 4.52. The third-order valence-corrected chi connectivity index (χ3v) is 4.70. The predicted molar refractivity (Wildman–Crippen MR) is 97.2 cm³/mol. The summed E-state index contributed by atoms with van der Waals surface area (Å²) in [6.45, 7) is 2.63. The fourth-order valence-electron chi connectivity index (χ4n) is 3.46. The highest BCUT2D eigenvalue weighted by Gasteiger charge is 2.31. The molecule has 1 aromatic heterocycles. The van der Waals surface area contributed by atoms with Crippen LogP contribution in [0.3, 0.4) is 0 Å². The van der Waals surface area contributed by atoms with Crippen LogP contribution in [0.2, 0.25) is 0 Å². The lowest BCUT2D eigenvalue weighted by molar-refractivity contribution is -0.137. The van der Waals surface area contributed by atoms with Gasteiger partial charge in [-0.2, -0.15) is 13.2 Å². The number of rotatable bonds is 3. The van der Waals surface area contributed by atoms with Crippen LogP contribution in [0.4, 0.5) is 13.2 Å². The van der Waals surface area contributed by atoms with Gasteiger partial charge in [0.1, 0.15) is 5.82 Å². The van der Waals surface area contributed by atoms with Crippen molar-refractivity contribution >= 4 is 21.8 Å². The van der Waals surface area contributed by atoms with Gasteiger partial charge < -0.3 is 4.57 Å². The molecule has 0 radical (unpaired) electrons. The second kappa shape index (κ2) is 6.16. The normalized spacial score (nSPS) is 12.2. The number of fused-ring (bicyclic) bond motifs is 2. The van der Waals surface area contributed by atoms with Crippen molar-refractivity contribution in [2.45, 2.75) is 26.1 Å². The zero-order chi connectivity index (χ0) is 18.3. The highest BCUT2D eigenvalue weighted by Crippen LogP contribution is 2.32. The first-order chi connectivity index (χ1) is 12.5. The Kier molecular flexibility index (Phi) is 3.94. The molecule has 4 rings (SSSR count). The maximum absolute atomic E-state index is 13.0. The van der Waals surface area contributed by atoms with Crippen LogP contribution in [0.1, 0.15) is 23.9 Å². The average Bonchev–Trinajstić information content (AvgIpc) is 2.97. The van der Waals surface area contributed by atoms with Crippen molar-refractivity contribution in [1.29, 1.82) is 0 Å². The molecule has 0 saturated heterocycles. The second-order valence-electron chi connectivity index (χ2n) is 6.29. The fraction of sp³-hybridized carbons (Fsp3) is 0.190. The standard InChI is InChI=1S/C21H17F3N2/c1-2-26-19-11-10-16(21(22,23)24)13-18(19)25-20(26)12-15-8-5-7-14-6-3-4-9-17(14)15/h3-11,13H,2,12H2,1H3. The van der Waals surface area contributed by atoms with Crippen molar-refractivity contribution in [3.8, 4) is 0 Å². The first-order valence-electron chi connectivity index (χ1n) is 8.50. The Morgan fingerprint density at radius 1 is 0.962 bits per heavy atom. The summed E-state index contributed by atoms with van der Waals surface area (Å²) in [6, 6.07) is 18.0. The van der Waals surface area contributed by atoms with E-state index in [9.17, 15) is 13.2 Å². The van der Waals surface area contributed by atoms with Gasteiger partial charge in [0.2, 0.25) is 0 Å². The Balaban J connectivity index is 1.83. The molecule has 0 atom stereocenters. The van der Waals surface area contributed by atoms with Crippen LogP contribution in [-0.4, -0.2) is 9.55 Å². The lowest BCUT2D eigenvalue weighted by atomic mass is 10.0. The summed E-state index contributed by atoms with van der Waals surface area (Å²) in [5.74, 6) is 0.776. The third-order valence-electron chi connectivity index (χ3n) is 4.70. The van der Waals surface area contributed by atoms with Crippen molar-refractivity contribution in [2.75, 3.05) is 0 Å². The number of aryl methyl sites for hydroxylation is 1. The molecule has 2 nitrogen and oxygen atoms in total. The van der Waals surface area contributed by atoms with Crippen LogP contribution in [0.5, 0.6) is 0 Å². The summed E-state index contributed by atoms with van der Waals surface area (Å²) in [5.41, 5.74) is 1.57. The molecule has 0 saturated carbocycles. The number of benzene rings is 3. The molecule has 0 fully saturated rings. The van der Waals surface area contributed by atoms with Crippen molar-refractivity contribution in [3.63, 3.8) is 0 Å². The summed E-state index contributed by atoms with van der Waals surface area (Å²) < 4.78 is 41.0. The smallest absolute Gasteiger partial charge is 0.328 e. The van der Waals surface area contributed by atoms with E-state index in [-0.39, 0.29) is 0 Å². The Bertz CT molecular complexity index is 1090. The molecular weight excluding hydrogens is 337 g/mol. The van der Waals surface area contributed by atoms with E-state index in [0.29, 0.717) is 18.5 Å². The van der Waals surface area contributed by atoms with Gasteiger partial charge in [0.15, 0.2) is 0 Å². The zero-order valence-corrected chi connectivity index (χ0v) is 14.2. The molecule has 0 bridgehead atoms. The highest BCUT2D eigenvalue weighted by atomic mass is 19.4. The molecule has 0 amide bonds. The molecule has 3 aromatic carbocycles. The molecule has 0 N–H and O–H groups in total. The number of imidazole rings is 1. The average molecular weight is 354 g/mol. The Morgan fingerprint density at radius 3 is 2.50 bits per heavy atom. The van der Waals surface area contributed by atoms with Crippen LogP contribution in [0.25, 0.3) is 21.8 Å². The molecule has 132 valence electrons. The lowest BCUT2D eigenvalue weighted by Gasteiger charge is -2.09. The van der Waals surface area contributed by atoms with E-state index >= 15 is 0 Å². The monoisotopic (exact) mass is 354 g/mol. The minimum Gasteiger partial charge on any atom is -0.328 e. The summed E-state index contributed by atoms with van der Waals surface area (Å²) >= 11 is 0. The third kappa shape index (κ3) is 2.83. The fourth-order valence-corrected chi connectivity index (χ4v) is 3.46. The van der Waals surface area contributed by atoms with Gasteiger partial charge in [0.05, 0.1) is 16.6 Å². The van der Waals surface area contributed by atoms with Gasteiger partial charge in [-0.05, 0) is 41.5 Å². The van der Waals surface area contributed by atoms with E-state index in [0.717, 1.165) is 39.8 Å². The molecule has 0 unspecified atom stereocenters. The van der Waals surface area contributed by atoms with Gasteiger partial charge >= 0.3 is 6.18 Å².